The Morgan fingerprint density at radius 2 is 2.50 bits per heavy atom. The van der Waals surface area contributed by atoms with Crippen molar-refractivity contribution in [3.8, 4) is 0 Å². The lowest BCUT2D eigenvalue weighted by atomic mass is 10.2. The van der Waals surface area contributed by atoms with Crippen LogP contribution >= 0.6 is 15.9 Å². The van der Waals surface area contributed by atoms with Crippen LogP contribution in [-0.4, -0.2) is 21.2 Å². The lowest BCUT2D eigenvalue weighted by Gasteiger charge is -2.20. The fraction of sp³-hybridized carbons (Fsp3) is 0.571. The van der Waals surface area contributed by atoms with Crippen LogP contribution in [0.3, 0.4) is 0 Å². The predicted octanol–water partition coefficient (Wildman–Crippen LogP) is 1.22. The summed E-state index contributed by atoms with van der Waals surface area (Å²) in [6.45, 7) is 3.36. The third-order valence-corrected chi connectivity index (χ3v) is 2.83. The molecule has 1 N–H and O–H groups in total. The Kier molecular flexibility index (Phi) is 2.28. The highest BCUT2D eigenvalue weighted by molar-refractivity contribution is 9.10. The van der Waals surface area contributed by atoms with Gasteiger partial charge in [-0.1, -0.05) is 0 Å². The maximum Gasteiger partial charge on any atom is 0.326 e. The summed E-state index contributed by atoms with van der Waals surface area (Å²) in [6.07, 6.45) is 0. The molecule has 0 spiro atoms. The molecule has 0 radical (unpaired) electrons. The molecular formula is C7H9BrN4O2. The van der Waals surface area contributed by atoms with E-state index in [9.17, 15) is 10.1 Å². The van der Waals surface area contributed by atoms with Gasteiger partial charge >= 0.3 is 5.69 Å². The number of hydrogen-bond donors (Lipinski definition) is 1. The second-order valence-electron chi connectivity index (χ2n) is 3.18. The fourth-order valence-electron chi connectivity index (χ4n) is 1.69. The van der Waals surface area contributed by atoms with Crippen LogP contribution in [0, 0.1) is 10.1 Å². The van der Waals surface area contributed by atoms with E-state index in [0.29, 0.717) is 16.8 Å². The van der Waals surface area contributed by atoms with E-state index < -0.39 is 4.92 Å². The minimum Gasteiger partial charge on any atom is -0.307 e. The van der Waals surface area contributed by atoms with Gasteiger partial charge < -0.3 is 5.32 Å². The average molecular weight is 261 g/mol. The lowest BCUT2D eigenvalue weighted by Crippen LogP contribution is -2.32. The molecule has 2 heterocycles. The molecule has 1 aliphatic rings. The van der Waals surface area contributed by atoms with Gasteiger partial charge in [-0.05, 0) is 22.9 Å². The lowest BCUT2D eigenvalue weighted by molar-refractivity contribution is -0.386. The smallest absolute Gasteiger partial charge is 0.307 e. The van der Waals surface area contributed by atoms with Crippen molar-refractivity contribution in [2.75, 3.05) is 6.54 Å². The van der Waals surface area contributed by atoms with E-state index in [4.69, 9.17) is 0 Å². The molecule has 0 aliphatic carbocycles. The Labute approximate surface area is 88.6 Å². The molecule has 0 bridgehead atoms. The molecule has 0 saturated carbocycles. The highest BCUT2D eigenvalue weighted by atomic mass is 79.9. The number of halogens is 1. The molecule has 0 saturated heterocycles. The van der Waals surface area contributed by atoms with Gasteiger partial charge in [0.1, 0.15) is 5.69 Å². The van der Waals surface area contributed by atoms with Crippen LogP contribution < -0.4 is 5.32 Å². The second kappa shape index (κ2) is 3.32. The normalized spacial score (nSPS) is 20.6. The Morgan fingerprint density at radius 1 is 1.79 bits per heavy atom. The second-order valence-corrected chi connectivity index (χ2v) is 3.93. The van der Waals surface area contributed by atoms with Crippen LogP contribution in [0.4, 0.5) is 5.69 Å². The number of aromatic nitrogens is 2. The van der Waals surface area contributed by atoms with Crippen LogP contribution in [-0.2, 0) is 6.54 Å². The fourth-order valence-corrected chi connectivity index (χ4v) is 2.23. The maximum absolute atomic E-state index is 10.8. The van der Waals surface area contributed by atoms with Crippen LogP contribution in [0.15, 0.2) is 4.60 Å². The molecule has 1 aromatic rings. The van der Waals surface area contributed by atoms with E-state index in [0.717, 1.165) is 6.54 Å². The Hall–Kier alpha value is -0.950. The molecule has 76 valence electrons. The zero-order valence-electron chi connectivity index (χ0n) is 7.53. The topological polar surface area (TPSA) is 73.0 Å². The minimum atomic E-state index is -0.396. The number of rotatable bonds is 1. The van der Waals surface area contributed by atoms with Crippen LogP contribution in [0.1, 0.15) is 18.7 Å². The zero-order chi connectivity index (χ0) is 10.3. The first kappa shape index (κ1) is 9.60. The van der Waals surface area contributed by atoms with Gasteiger partial charge in [-0.15, -0.1) is 0 Å². The number of nitro groups is 1. The van der Waals surface area contributed by atoms with Gasteiger partial charge in [-0.3, -0.25) is 14.8 Å². The van der Waals surface area contributed by atoms with Crippen molar-refractivity contribution < 1.29 is 4.92 Å². The average Bonchev–Trinajstić information content (AvgIpc) is 2.42. The van der Waals surface area contributed by atoms with Gasteiger partial charge in [0.05, 0.1) is 17.5 Å². The summed E-state index contributed by atoms with van der Waals surface area (Å²) >= 11 is 3.10. The van der Waals surface area contributed by atoms with E-state index in [1.807, 2.05) is 6.92 Å². The summed E-state index contributed by atoms with van der Waals surface area (Å²) in [5.41, 5.74) is 0.720. The molecule has 14 heavy (non-hydrogen) atoms. The summed E-state index contributed by atoms with van der Waals surface area (Å²) in [7, 11) is 0. The number of nitrogens with one attached hydrogen (secondary N) is 1. The van der Waals surface area contributed by atoms with Crippen molar-refractivity contribution in [1.29, 1.82) is 0 Å². The van der Waals surface area contributed by atoms with Crippen molar-refractivity contribution in [1.82, 2.24) is 15.1 Å². The van der Waals surface area contributed by atoms with Gasteiger partial charge in [-0.2, -0.15) is 5.10 Å². The summed E-state index contributed by atoms with van der Waals surface area (Å²) in [5.74, 6) is 0. The monoisotopic (exact) mass is 260 g/mol. The van der Waals surface area contributed by atoms with Gasteiger partial charge in [0.2, 0.25) is 4.60 Å². The summed E-state index contributed by atoms with van der Waals surface area (Å²) in [5, 5.41) is 18.0. The molecule has 1 aromatic heterocycles. The first-order chi connectivity index (χ1) is 6.61. The van der Waals surface area contributed by atoms with Crippen LogP contribution in [0.5, 0.6) is 0 Å². The Morgan fingerprint density at radius 3 is 3.14 bits per heavy atom. The van der Waals surface area contributed by atoms with E-state index in [1.54, 1.807) is 4.68 Å². The summed E-state index contributed by atoms with van der Waals surface area (Å²) in [6, 6.07) is -0.0250. The highest BCUT2D eigenvalue weighted by Crippen LogP contribution is 2.33. The third kappa shape index (κ3) is 1.32. The molecule has 6 nitrogen and oxygen atoms in total. The first-order valence-corrected chi connectivity index (χ1v) is 5.04. The SMILES string of the molecule is CC1NCCn2nc(Br)c([N+](=O)[O-])c21. The quantitative estimate of drug-likeness (QED) is 0.609. The Bertz CT molecular complexity index is 389. The van der Waals surface area contributed by atoms with E-state index in [2.05, 4.69) is 26.3 Å². The van der Waals surface area contributed by atoms with E-state index in [1.165, 1.54) is 0 Å². The molecule has 0 amide bonds. The molecule has 1 atom stereocenters. The first-order valence-electron chi connectivity index (χ1n) is 4.25. The highest BCUT2D eigenvalue weighted by Gasteiger charge is 2.31. The standard InChI is InChI=1S/C7H9BrN4O2/c1-4-5-6(12(13)14)7(8)10-11(5)3-2-9-4/h4,9H,2-3H2,1H3. The van der Waals surface area contributed by atoms with Gasteiger partial charge in [-0.25, -0.2) is 0 Å². The predicted molar refractivity (Wildman–Crippen MR) is 53.0 cm³/mol. The number of hydrogen-bond acceptors (Lipinski definition) is 4. The van der Waals surface area contributed by atoms with Crippen molar-refractivity contribution in [2.24, 2.45) is 0 Å². The minimum absolute atomic E-state index is 0.0250. The summed E-state index contributed by atoms with van der Waals surface area (Å²) < 4.78 is 2.00. The summed E-state index contributed by atoms with van der Waals surface area (Å²) in [4.78, 5) is 10.4. The molecular weight excluding hydrogens is 252 g/mol. The van der Waals surface area contributed by atoms with Crippen molar-refractivity contribution in [3.05, 3.63) is 20.4 Å². The molecule has 1 aliphatic heterocycles. The van der Waals surface area contributed by atoms with Crippen molar-refractivity contribution >= 4 is 21.6 Å². The molecule has 1 unspecified atom stereocenters. The van der Waals surface area contributed by atoms with Crippen molar-refractivity contribution in [3.63, 3.8) is 0 Å². The molecule has 7 heteroatoms. The maximum atomic E-state index is 10.8. The number of nitrogens with zero attached hydrogens (tertiary/aromatic N) is 3. The van der Waals surface area contributed by atoms with Gasteiger partial charge in [0, 0.05) is 6.54 Å². The molecule has 0 fully saturated rings. The molecule has 0 aromatic carbocycles. The third-order valence-electron chi connectivity index (χ3n) is 2.29. The van der Waals surface area contributed by atoms with Gasteiger partial charge in [0.15, 0.2) is 0 Å². The molecule has 2 rings (SSSR count). The number of fused-ring (bicyclic) bond motifs is 1. The van der Waals surface area contributed by atoms with Crippen LogP contribution in [0.2, 0.25) is 0 Å². The van der Waals surface area contributed by atoms with E-state index in [-0.39, 0.29) is 11.7 Å². The van der Waals surface area contributed by atoms with Gasteiger partial charge in [0.25, 0.3) is 0 Å². The largest absolute Gasteiger partial charge is 0.326 e. The zero-order valence-corrected chi connectivity index (χ0v) is 9.11. The van der Waals surface area contributed by atoms with Crippen LogP contribution in [0.25, 0.3) is 0 Å². The van der Waals surface area contributed by atoms with Crippen molar-refractivity contribution in [2.45, 2.75) is 19.5 Å². The van der Waals surface area contributed by atoms with E-state index >= 15 is 0 Å². The Balaban J connectivity index is 2.59.